The number of fused-ring (bicyclic) bond motifs is 1. The lowest BCUT2D eigenvalue weighted by molar-refractivity contribution is 1.07. The van der Waals surface area contributed by atoms with Gasteiger partial charge >= 0.3 is 0 Å². The molecule has 0 radical (unpaired) electrons. The number of rotatable bonds is 3. The molecule has 5 heteroatoms. The van der Waals surface area contributed by atoms with Crippen LogP contribution in [0.3, 0.4) is 0 Å². The first kappa shape index (κ1) is 15.6. The van der Waals surface area contributed by atoms with Crippen LogP contribution in [0.25, 0.3) is 10.9 Å². The van der Waals surface area contributed by atoms with Crippen molar-refractivity contribution in [1.82, 2.24) is 9.97 Å². The van der Waals surface area contributed by atoms with Gasteiger partial charge in [0, 0.05) is 28.9 Å². The van der Waals surface area contributed by atoms with Gasteiger partial charge in [-0.1, -0.05) is 47.2 Å². The van der Waals surface area contributed by atoms with Crippen LogP contribution in [0.2, 0.25) is 10.0 Å². The maximum absolute atomic E-state index is 6.08. The molecule has 1 heterocycles. The summed E-state index contributed by atoms with van der Waals surface area (Å²) in [6.45, 7) is 0.687. The molecular formula is C18H13Cl2N3. The fourth-order valence-corrected chi connectivity index (χ4v) is 2.48. The second-order valence-corrected chi connectivity index (χ2v) is 5.69. The molecule has 23 heavy (non-hydrogen) atoms. The van der Waals surface area contributed by atoms with Crippen LogP contribution in [0.4, 0.5) is 5.82 Å². The predicted molar refractivity (Wildman–Crippen MR) is 96.0 cm³/mol. The van der Waals surface area contributed by atoms with E-state index in [1.54, 1.807) is 24.5 Å². The van der Waals surface area contributed by atoms with E-state index in [9.17, 15) is 0 Å². The van der Waals surface area contributed by atoms with E-state index in [0.717, 1.165) is 22.3 Å². The Morgan fingerprint density at radius 2 is 1.91 bits per heavy atom. The smallest absolute Gasteiger partial charge is 0.137 e. The van der Waals surface area contributed by atoms with Crippen molar-refractivity contribution in [3.05, 3.63) is 64.4 Å². The predicted octanol–water partition coefficient (Wildman–Crippen LogP) is 4.79. The Labute approximate surface area is 144 Å². The number of para-hydroxylation sites is 1. The van der Waals surface area contributed by atoms with Crippen molar-refractivity contribution in [3.63, 3.8) is 0 Å². The van der Waals surface area contributed by atoms with Crippen LogP contribution < -0.4 is 5.32 Å². The SMILES string of the molecule is Clc1ccc(Cl)c(C#CCCNc2ncnc3ccccc23)c1. The average Bonchev–Trinajstić information content (AvgIpc) is 2.57. The van der Waals surface area contributed by atoms with Gasteiger partial charge in [-0.25, -0.2) is 9.97 Å². The Morgan fingerprint density at radius 3 is 2.83 bits per heavy atom. The van der Waals surface area contributed by atoms with Crippen LogP contribution in [-0.4, -0.2) is 16.5 Å². The quantitative estimate of drug-likeness (QED) is 0.549. The number of anilines is 1. The highest BCUT2D eigenvalue weighted by Crippen LogP contribution is 2.20. The Bertz CT molecular complexity index is 892. The van der Waals surface area contributed by atoms with E-state index in [0.29, 0.717) is 23.0 Å². The van der Waals surface area contributed by atoms with E-state index in [2.05, 4.69) is 27.1 Å². The van der Waals surface area contributed by atoms with Crippen molar-refractivity contribution >= 4 is 39.9 Å². The van der Waals surface area contributed by atoms with Crippen LogP contribution in [0, 0.1) is 11.8 Å². The Hall–Kier alpha value is -2.28. The third-order valence-corrected chi connectivity index (χ3v) is 3.80. The van der Waals surface area contributed by atoms with Gasteiger partial charge in [-0.15, -0.1) is 0 Å². The summed E-state index contributed by atoms with van der Waals surface area (Å²) in [6, 6.07) is 13.1. The van der Waals surface area contributed by atoms with Gasteiger partial charge in [0.05, 0.1) is 10.5 Å². The second-order valence-electron chi connectivity index (χ2n) is 4.84. The first-order valence-corrected chi connectivity index (χ1v) is 7.87. The Morgan fingerprint density at radius 1 is 1.04 bits per heavy atom. The third kappa shape index (κ3) is 3.92. The minimum absolute atomic E-state index is 0.608. The monoisotopic (exact) mass is 341 g/mol. The van der Waals surface area contributed by atoms with E-state index in [1.165, 1.54) is 0 Å². The molecule has 2 aromatic carbocycles. The lowest BCUT2D eigenvalue weighted by Gasteiger charge is -2.06. The number of hydrogen-bond acceptors (Lipinski definition) is 3. The molecule has 0 amide bonds. The van der Waals surface area contributed by atoms with E-state index >= 15 is 0 Å². The molecule has 0 saturated heterocycles. The molecule has 0 atom stereocenters. The van der Waals surface area contributed by atoms with Gasteiger partial charge in [-0.2, -0.15) is 0 Å². The highest BCUT2D eigenvalue weighted by atomic mass is 35.5. The zero-order chi connectivity index (χ0) is 16.1. The van der Waals surface area contributed by atoms with Crippen molar-refractivity contribution in [1.29, 1.82) is 0 Å². The summed E-state index contributed by atoms with van der Waals surface area (Å²) in [7, 11) is 0. The zero-order valence-corrected chi connectivity index (χ0v) is 13.7. The van der Waals surface area contributed by atoms with Gasteiger partial charge in [-0.05, 0) is 30.3 Å². The number of benzene rings is 2. The average molecular weight is 342 g/mol. The molecule has 0 saturated carbocycles. The largest absolute Gasteiger partial charge is 0.368 e. The first-order chi connectivity index (χ1) is 11.2. The summed E-state index contributed by atoms with van der Waals surface area (Å²) in [5.41, 5.74) is 1.66. The molecular weight excluding hydrogens is 329 g/mol. The standard InChI is InChI=1S/C18H13Cl2N3/c19-14-8-9-16(20)13(11-14)5-3-4-10-21-18-15-6-1-2-7-17(15)22-12-23-18/h1-2,6-9,11-12H,4,10H2,(H,21,22,23). The van der Waals surface area contributed by atoms with Crippen LogP contribution in [0.15, 0.2) is 48.8 Å². The van der Waals surface area contributed by atoms with Crippen molar-refractivity contribution in [2.24, 2.45) is 0 Å². The molecule has 1 N–H and O–H groups in total. The molecule has 114 valence electrons. The molecule has 3 nitrogen and oxygen atoms in total. The summed E-state index contributed by atoms with van der Waals surface area (Å²) >= 11 is 12.0. The summed E-state index contributed by atoms with van der Waals surface area (Å²) < 4.78 is 0. The minimum Gasteiger partial charge on any atom is -0.368 e. The van der Waals surface area contributed by atoms with E-state index in [4.69, 9.17) is 23.2 Å². The minimum atomic E-state index is 0.608. The fourth-order valence-electron chi connectivity index (χ4n) is 2.14. The van der Waals surface area contributed by atoms with Crippen LogP contribution in [0.5, 0.6) is 0 Å². The van der Waals surface area contributed by atoms with Crippen molar-refractivity contribution in [2.45, 2.75) is 6.42 Å². The molecule has 0 bridgehead atoms. The maximum atomic E-state index is 6.08. The summed E-state index contributed by atoms with van der Waals surface area (Å²) in [5, 5.41) is 5.53. The molecule has 3 rings (SSSR count). The Balaban J connectivity index is 1.64. The molecule has 0 aliphatic rings. The fraction of sp³-hybridized carbons (Fsp3) is 0.111. The van der Waals surface area contributed by atoms with E-state index in [-0.39, 0.29) is 0 Å². The van der Waals surface area contributed by atoms with Crippen molar-refractivity contribution < 1.29 is 0 Å². The number of aromatic nitrogens is 2. The van der Waals surface area contributed by atoms with Gasteiger partial charge in [0.25, 0.3) is 0 Å². The molecule has 0 aliphatic heterocycles. The lowest BCUT2D eigenvalue weighted by Crippen LogP contribution is -2.03. The number of nitrogens with one attached hydrogen (secondary N) is 1. The van der Waals surface area contributed by atoms with Crippen LogP contribution >= 0.6 is 23.2 Å². The lowest BCUT2D eigenvalue weighted by atomic mass is 10.2. The van der Waals surface area contributed by atoms with Gasteiger partial charge in [-0.3, -0.25) is 0 Å². The normalized spacial score (nSPS) is 10.2. The zero-order valence-electron chi connectivity index (χ0n) is 12.2. The third-order valence-electron chi connectivity index (χ3n) is 3.24. The van der Waals surface area contributed by atoms with Gasteiger partial charge in [0.1, 0.15) is 12.1 Å². The summed E-state index contributed by atoms with van der Waals surface area (Å²) in [6.07, 6.45) is 2.23. The topological polar surface area (TPSA) is 37.8 Å². The van der Waals surface area contributed by atoms with E-state index < -0.39 is 0 Å². The highest BCUT2D eigenvalue weighted by molar-refractivity contribution is 6.33. The van der Waals surface area contributed by atoms with Gasteiger partial charge < -0.3 is 5.32 Å². The number of hydrogen-bond donors (Lipinski definition) is 1. The van der Waals surface area contributed by atoms with Crippen LogP contribution in [-0.2, 0) is 0 Å². The van der Waals surface area contributed by atoms with Crippen molar-refractivity contribution in [3.8, 4) is 11.8 Å². The maximum Gasteiger partial charge on any atom is 0.137 e. The molecule has 0 aliphatic carbocycles. The van der Waals surface area contributed by atoms with Gasteiger partial charge in [0.2, 0.25) is 0 Å². The molecule has 1 aromatic heterocycles. The highest BCUT2D eigenvalue weighted by Gasteiger charge is 2.01. The molecule has 0 fully saturated rings. The number of nitrogens with zero attached hydrogens (tertiary/aromatic N) is 2. The Kier molecular flexibility index (Phi) is 4.97. The van der Waals surface area contributed by atoms with E-state index in [1.807, 2.05) is 24.3 Å². The summed E-state index contributed by atoms with van der Waals surface area (Å²) in [5.74, 6) is 6.94. The number of halogens is 2. The summed E-state index contributed by atoms with van der Waals surface area (Å²) in [4.78, 5) is 8.52. The second kappa shape index (κ2) is 7.32. The van der Waals surface area contributed by atoms with Gasteiger partial charge in [0.15, 0.2) is 0 Å². The van der Waals surface area contributed by atoms with Crippen LogP contribution in [0.1, 0.15) is 12.0 Å². The first-order valence-electron chi connectivity index (χ1n) is 7.11. The molecule has 0 unspecified atom stereocenters. The molecule has 3 aromatic rings. The molecule has 0 spiro atoms. The van der Waals surface area contributed by atoms with Crippen molar-refractivity contribution in [2.75, 3.05) is 11.9 Å².